The zero-order chi connectivity index (χ0) is 38.4. The number of hydrogen-bond acceptors (Lipinski definition) is 5. The molecule has 1 saturated carbocycles. The molecule has 8 nitrogen and oxygen atoms in total. The fourth-order valence-electron chi connectivity index (χ4n) is 4.88. The number of amides is 3. The van der Waals surface area contributed by atoms with E-state index < -0.39 is 92.6 Å². The van der Waals surface area contributed by atoms with E-state index in [2.05, 4.69) is 10.6 Å². The maximum absolute atomic E-state index is 15.9. The second-order valence-corrected chi connectivity index (χ2v) is 15.4. The Balaban J connectivity index is 1.57. The standard InChI is InChI=1S/C34H32Cl3F6N3O5/c1-31(2,3)50-15-46(30(49)51-32(4,5)6)27-22(39)11-12-23(26(27)40)45-28(47)18-14-17(8-9-20(18)35)44-29(48)25-24(33(25,36)37)16-7-10-21(38)19(13-16)34(41,42)43/h7-14,24-25H,15H2,1-6H3,(H,44,48)(H,45,47)/t24-,25+/m0/s1. The number of nitrogens with zero attached hydrogens (tertiary/aromatic N) is 1. The van der Waals surface area contributed by atoms with Crippen LogP contribution in [0.5, 0.6) is 0 Å². The van der Waals surface area contributed by atoms with Gasteiger partial charge in [-0.25, -0.2) is 22.9 Å². The van der Waals surface area contributed by atoms with Crippen molar-refractivity contribution in [1.29, 1.82) is 0 Å². The second kappa shape index (κ2) is 14.4. The van der Waals surface area contributed by atoms with Crippen LogP contribution in [0.2, 0.25) is 5.02 Å². The van der Waals surface area contributed by atoms with Crippen LogP contribution >= 0.6 is 34.8 Å². The van der Waals surface area contributed by atoms with Crippen LogP contribution in [0.1, 0.15) is 68.9 Å². The van der Waals surface area contributed by atoms with Crippen molar-refractivity contribution in [3.8, 4) is 0 Å². The highest BCUT2D eigenvalue weighted by molar-refractivity contribution is 6.53. The van der Waals surface area contributed by atoms with Gasteiger partial charge in [0, 0.05) is 11.6 Å². The van der Waals surface area contributed by atoms with Gasteiger partial charge in [0.1, 0.15) is 34.0 Å². The lowest BCUT2D eigenvalue weighted by Crippen LogP contribution is -2.41. The predicted octanol–water partition coefficient (Wildman–Crippen LogP) is 10.1. The number of benzene rings is 3. The van der Waals surface area contributed by atoms with Crippen molar-refractivity contribution in [3.63, 3.8) is 0 Å². The van der Waals surface area contributed by atoms with E-state index in [1.807, 2.05) is 0 Å². The summed E-state index contributed by atoms with van der Waals surface area (Å²) in [6.07, 6.45) is -6.14. The smallest absolute Gasteiger partial charge is 0.419 e. The number of carbonyl (C=O) groups is 3. The molecule has 0 aromatic heterocycles. The van der Waals surface area contributed by atoms with Crippen molar-refractivity contribution >= 4 is 69.8 Å². The van der Waals surface area contributed by atoms with Gasteiger partial charge < -0.3 is 20.1 Å². The molecular formula is C34H32Cl3F6N3O5. The summed E-state index contributed by atoms with van der Waals surface area (Å²) in [5.74, 6) is -8.29. The molecule has 1 aliphatic rings. The number of rotatable bonds is 8. The fraction of sp³-hybridized carbons (Fsp3) is 0.382. The molecule has 2 atom stereocenters. The lowest BCUT2D eigenvalue weighted by molar-refractivity contribution is -0.140. The number of ether oxygens (including phenoxy) is 2. The average molecular weight is 783 g/mol. The molecule has 1 fully saturated rings. The van der Waals surface area contributed by atoms with Gasteiger partial charge in [-0.3, -0.25) is 9.59 Å². The Bertz CT molecular complexity index is 1860. The van der Waals surface area contributed by atoms with Gasteiger partial charge in [0.15, 0.2) is 5.82 Å². The molecule has 1 aliphatic carbocycles. The van der Waals surface area contributed by atoms with Crippen LogP contribution in [-0.2, 0) is 20.4 Å². The van der Waals surface area contributed by atoms with Crippen LogP contribution in [-0.4, -0.2) is 40.2 Å². The summed E-state index contributed by atoms with van der Waals surface area (Å²) in [5.41, 5.74) is -5.29. The Kier molecular flexibility index (Phi) is 11.3. The van der Waals surface area contributed by atoms with Crippen molar-refractivity contribution in [1.82, 2.24) is 0 Å². The highest BCUT2D eigenvalue weighted by Gasteiger charge is 2.67. The van der Waals surface area contributed by atoms with Crippen LogP contribution in [0.3, 0.4) is 0 Å². The molecule has 51 heavy (non-hydrogen) atoms. The summed E-state index contributed by atoms with van der Waals surface area (Å²) in [6.45, 7) is 9.03. The third-order valence-electron chi connectivity index (χ3n) is 7.30. The van der Waals surface area contributed by atoms with Gasteiger partial charge >= 0.3 is 12.3 Å². The number of nitrogens with one attached hydrogen (secondary N) is 2. The van der Waals surface area contributed by atoms with Crippen LogP contribution in [0, 0.1) is 23.4 Å². The van der Waals surface area contributed by atoms with E-state index in [1.54, 1.807) is 41.5 Å². The minimum Gasteiger partial charge on any atom is -0.443 e. The second-order valence-electron chi connectivity index (χ2n) is 13.6. The molecule has 3 aromatic carbocycles. The summed E-state index contributed by atoms with van der Waals surface area (Å²) >= 11 is 18.8. The molecule has 2 N–H and O–H groups in total. The van der Waals surface area contributed by atoms with Crippen LogP contribution in [0.15, 0.2) is 48.5 Å². The minimum absolute atomic E-state index is 0.0323. The number of anilines is 3. The van der Waals surface area contributed by atoms with Crippen molar-refractivity contribution < 1.29 is 50.2 Å². The molecule has 0 aliphatic heterocycles. The topological polar surface area (TPSA) is 97.0 Å². The Labute approximate surface area is 304 Å². The normalized spacial score (nSPS) is 17.1. The summed E-state index contributed by atoms with van der Waals surface area (Å²) in [5, 5.41) is 4.58. The Morgan fingerprint density at radius 3 is 2.08 bits per heavy atom. The Morgan fingerprint density at radius 1 is 0.863 bits per heavy atom. The summed E-state index contributed by atoms with van der Waals surface area (Å²) in [6, 6.07) is 7.53. The lowest BCUT2D eigenvalue weighted by Gasteiger charge is -2.30. The van der Waals surface area contributed by atoms with E-state index in [0.717, 1.165) is 24.3 Å². The van der Waals surface area contributed by atoms with E-state index in [4.69, 9.17) is 44.3 Å². The van der Waals surface area contributed by atoms with Crippen LogP contribution < -0.4 is 15.5 Å². The number of hydrogen-bond donors (Lipinski definition) is 2. The predicted molar refractivity (Wildman–Crippen MR) is 181 cm³/mol. The molecule has 4 rings (SSSR count). The average Bonchev–Trinajstić information content (AvgIpc) is 3.56. The van der Waals surface area contributed by atoms with Crippen molar-refractivity contribution in [2.75, 3.05) is 22.3 Å². The van der Waals surface area contributed by atoms with Gasteiger partial charge in [-0.2, -0.15) is 13.2 Å². The van der Waals surface area contributed by atoms with Crippen molar-refractivity contribution in [3.05, 3.63) is 87.7 Å². The molecule has 3 amide bonds. The van der Waals surface area contributed by atoms with Gasteiger partial charge in [-0.05, 0) is 89.6 Å². The fourth-order valence-corrected chi connectivity index (χ4v) is 5.91. The van der Waals surface area contributed by atoms with E-state index >= 15 is 8.78 Å². The van der Waals surface area contributed by atoms with Crippen LogP contribution in [0.25, 0.3) is 0 Å². The van der Waals surface area contributed by atoms with Gasteiger partial charge in [0.05, 0.1) is 33.4 Å². The first kappa shape index (κ1) is 40.1. The quantitative estimate of drug-likeness (QED) is 0.135. The molecular weight excluding hydrogens is 751 g/mol. The first-order chi connectivity index (χ1) is 23.3. The maximum atomic E-state index is 15.9. The molecule has 276 valence electrons. The zero-order valence-corrected chi connectivity index (χ0v) is 30.1. The van der Waals surface area contributed by atoms with E-state index in [1.165, 1.54) is 12.1 Å². The third kappa shape index (κ3) is 9.39. The molecule has 0 bridgehead atoms. The summed E-state index contributed by atoms with van der Waals surface area (Å²) in [4.78, 5) is 40.1. The Morgan fingerprint density at radius 2 is 1.49 bits per heavy atom. The van der Waals surface area contributed by atoms with Crippen LogP contribution in [0.4, 0.5) is 48.2 Å². The largest absolute Gasteiger partial charge is 0.443 e. The highest BCUT2D eigenvalue weighted by Crippen LogP contribution is 2.65. The number of carbonyl (C=O) groups excluding carboxylic acids is 3. The first-order valence-corrected chi connectivity index (χ1v) is 16.2. The van der Waals surface area contributed by atoms with E-state index in [-0.39, 0.29) is 21.8 Å². The molecule has 0 radical (unpaired) electrons. The molecule has 0 saturated heterocycles. The first-order valence-electron chi connectivity index (χ1n) is 15.1. The van der Waals surface area contributed by atoms with Gasteiger partial charge in [-0.1, -0.05) is 17.7 Å². The van der Waals surface area contributed by atoms with Crippen molar-refractivity contribution in [2.24, 2.45) is 5.92 Å². The Hall–Kier alpha value is -3.72. The monoisotopic (exact) mass is 781 g/mol. The molecule has 0 heterocycles. The van der Waals surface area contributed by atoms with Gasteiger partial charge in [0.25, 0.3) is 5.91 Å². The molecule has 3 aromatic rings. The zero-order valence-electron chi connectivity index (χ0n) is 27.9. The third-order valence-corrected chi connectivity index (χ3v) is 8.57. The number of alkyl halides is 5. The molecule has 17 heteroatoms. The number of halogens is 9. The highest BCUT2D eigenvalue weighted by atomic mass is 35.5. The molecule has 0 unspecified atom stereocenters. The molecule has 0 spiro atoms. The van der Waals surface area contributed by atoms with E-state index in [9.17, 15) is 31.9 Å². The summed E-state index contributed by atoms with van der Waals surface area (Å²) < 4.78 is 93.8. The van der Waals surface area contributed by atoms with E-state index in [0.29, 0.717) is 17.0 Å². The maximum Gasteiger partial charge on any atom is 0.419 e. The lowest BCUT2D eigenvalue weighted by atomic mass is 10.0. The summed E-state index contributed by atoms with van der Waals surface area (Å²) in [7, 11) is 0. The minimum atomic E-state index is -5.01. The van der Waals surface area contributed by atoms with Gasteiger partial charge in [-0.15, -0.1) is 23.2 Å². The SMILES string of the molecule is CC(C)(C)OCN(C(=O)OC(C)(C)C)c1c(F)ccc(NC(=O)c2cc(NC(=O)[C@H]3[C@H](c4ccc(F)c(C(F)(F)F)c4)C3(Cl)Cl)ccc2Cl)c1F. The van der Waals surface area contributed by atoms with Crippen molar-refractivity contribution in [2.45, 2.75) is 69.2 Å². The van der Waals surface area contributed by atoms with Gasteiger partial charge in [0.2, 0.25) is 5.91 Å².